The van der Waals surface area contributed by atoms with Crippen LogP contribution in [0.1, 0.15) is 19.8 Å². The van der Waals surface area contributed by atoms with E-state index in [1.54, 1.807) is 0 Å². The maximum Gasteiger partial charge on any atom is 0.308 e. The van der Waals surface area contributed by atoms with Crippen molar-refractivity contribution in [1.29, 1.82) is 0 Å². The first kappa shape index (κ1) is 14.8. The zero-order valence-corrected chi connectivity index (χ0v) is 13.5. The van der Waals surface area contributed by atoms with Crippen LogP contribution < -0.4 is 4.87 Å². The number of rotatable bonds is 5. The third-order valence-corrected chi connectivity index (χ3v) is 4.74. The lowest BCUT2D eigenvalue weighted by Gasteiger charge is -2.10. The molecule has 112 valence electrons. The zero-order chi connectivity index (χ0) is 15.4. The molecule has 0 saturated carbocycles. The van der Waals surface area contributed by atoms with Gasteiger partial charge in [0.2, 0.25) is 0 Å². The maximum absolute atomic E-state index is 12.5. The molecule has 1 heterocycles. The minimum atomic E-state index is 0.131. The van der Waals surface area contributed by atoms with Crippen molar-refractivity contribution in [2.45, 2.75) is 26.3 Å². The zero-order valence-electron chi connectivity index (χ0n) is 12.7. The van der Waals surface area contributed by atoms with Gasteiger partial charge in [-0.15, -0.1) is 0 Å². The minimum absolute atomic E-state index is 0.131. The van der Waals surface area contributed by atoms with Crippen LogP contribution in [0.3, 0.4) is 0 Å². The van der Waals surface area contributed by atoms with E-state index < -0.39 is 0 Å². The fourth-order valence-electron chi connectivity index (χ4n) is 2.59. The molecule has 0 saturated heterocycles. The van der Waals surface area contributed by atoms with E-state index in [9.17, 15) is 4.79 Å². The Kier molecular flexibility index (Phi) is 4.54. The Morgan fingerprint density at radius 1 is 0.909 bits per heavy atom. The second kappa shape index (κ2) is 6.75. The van der Waals surface area contributed by atoms with Gasteiger partial charge in [0.25, 0.3) is 0 Å². The predicted molar refractivity (Wildman–Crippen MR) is 94.4 cm³/mol. The smallest absolute Gasteiger partial charge is 0.298 e. The van der Waals surface area contributed by atoms with Gasteiger partial charge in [0.15, 0.2) is 0 Å². The summed E-state index contributed by atoms with van der Waals surface area (Å²) in [5.74, 6) is 0. The Morgan fingerprint density at radius 2 is 1.50 bits per heavy atom. The molecule has 0 N–H and O–H groups in total. The van der Waals surface area contributed by atoms with Gasteiger partial charge < -0.3 is 0 Å². The molecular formula is C19H19NOS. The Bertz CT molecular complexity index is 787. The quantitative estimate of drug-likeness (QED) is 0.647. The average molecular weight is 309 g/mol. The first-order valence-corrected chi connectivity index (χ1v) is 8.47. The Morgan fingerprint density at radius 3 is 2.09 bits per heavy atom. The van der Waals surface area contributed by atoms with Crippen molar-refractivity contribution in [2.24, 2.45) is 0 Å². The van der Waals surface area contributed by atoms with E-state index >= 15 is 0 Å². The van der Waals surface area contributed by atoms with E-state index in [4.69, 9.17) is 0 Å². The van der Waals surface area contributed by atoms with Crippen LogP contribution in [-0.4, -0.2) is 4.57 Å². The van der Waals surface area contributed by atoms with Crippen molar-refractivity contribution in [3.05, 3.63) is 70.3 Å². The fraction of sp³-hybridized carbons (Fsp3) is 0.211. The topological polar surface area (TPSA) is 22.0 Å². The Balaban J connectivity index is 2.20. The predicted octanol–water partition coefficient (Wildman–Crippen LogP) is 5.04. The Hall–Kier alpha value is -2.13. The standard InChI is InChI=1S/C19H19NOS/c1-2-3-14-20-17(15-10-6-4-7-11-15)18(22-19(20)21)16-12-8-5-9-13-16/h4-13H,2-3,14H2,1H3. The molecule has 0 aliphatic heterocycles. The molecule has 3 heteroatoms. The molecule has 3 aromatic rings. The van der Waals surface area contributed by atoms with E-state index in [1.807, 2.05) is 41.0 Å². The van der Waals surface area contributed by atoms with Gasteiger partial charge in [-0.2, -0.15) is 0 Å². The third-order valence-electron chi connectivity index (χ3n) is 3.71. The molecule has 0 radical (unpaired) electrons. The highest BCUT2D eigenvalue weighted by atomic mass is 32.1. The average Bonchev–Trinajstić information content (AvgIpc) is 2.91. The normalized spacial score (nSPS) is 10.8. The minimum Gasteiger partial charge on any atom is -0.298 e. The first-order chi connectivity index (χ1) is 10.8. The molecule has 1 aromatic heterocycles. The van der Waals surface area contributed by atoms with E-state index in [0.717, 1.165) is 41.1 Å². The number of thiazole rings is 1. The summed E-state index contributed by atoms with van der Waals surface area (Å²) in [5, 5.41) is 0. The summed E-state index contributed by atoms with van der Waals surface area (Å²) in [4.78, 5) is 13.7. The summed E-state index contributed by atoms with van der Waals surface area (Å²) >= 11 is 1.35. The number of aromatic nitrogens is 1. The molecule has 22 heavy (non-hydrogen) atoms. The van der Waals surface area contributed by atoms with Crippen molar-refractivity contribution < 1.29 is 0 Å². The molecule has 0 aliphatic carbocycles. The summed E-state index contributed by atoms with van der Waals surface area (Å²) < 4.78 is 1.94. The van der Waals surface area contributed by atoms with Gasteiger partial charge in [0.05, 0.1) is 10.6 Å². The highest BCUT2D eigenvalue weighted by molar-refractivity contribution is 7.13. The summed E-state index contributed by atoms with van der Waals surface area (Å²) in [7, 11) is 0. The molecule has 0 aliphatic rings. The lowest BCUT2D eigenvalue weighted by atomic mass is 10.1. The van der Waals surface area contributed by atoms with Crippen LogP contribution in [0, 0.1) is 0 Å². The van der Waals surface area contributed by atoms with E-state index in [1.165, 1.54) is 11.3 Å². The van der Waals surface area contributed by atoms with Crippen LogP contribution in [-0.2, 0) is 6.54 Å². The molecule has 0 atom stereocenters. The van der Waals surface area contributed by atoms with E-state index in [2.05, 4.69) is 31.2 Å². The van der Waals surface area contributed by atoms with Crippen molar-refractivity contribution in [2.75, 3.05) is 0 Å². The van der Waals surface area contributed by atoms with Gasteiger partial charge >= 0.3 is 4.87 Å². The van der Waals surface area contributed by atoms with Gasteiger partial charge in [-0.1, -0.05) is 85.3 Å². The van der Waals surface area contributed by atoms with Crippen LogP contribution in [0.4, 0.5) is 0 Å². The van der Waals surface area contributed by atoms with Crippen molar-refractivity contribution in [3.63, 3.8) is 0 Å². The number of hydrogen-bond acceptors (Lipinski definition) is 2. The van der Waals surface area contributed by atoms with Crippen LogP contribution in [0.5, 0.6) is 0 Å². The van der Waals surface area contributed by atoms with Gasteiger partial charge in [-0.3, -0.25) is 9.36 Å². The summed E-state index contributed by atoms with van der Waals surface area (Å²) in [6.07, 6.45) is 2.10. The van der Waals surface area contributed by atoms with Crippen molar-refractivity contribution >= 4 is 11.3 Å². The van der Waals surface area contributed by atoms with Crippen LogP contribution in [0.25, 0.3) is 21.7 Å². The largest absolute Gasteiger partial charge is 0.308 e. The maximum atomic E-state index is 12.5. The highest BCUT2D eigenvalue weighted by Crippen LogP contribution is 2.34. The number of hydrogen-bond donors (Lipinski definition) is 0. The van der Waals surface area contributed by atoms with Crippen LogP contribution in [0.15, 0.2) is 65.5 Å². The van der Waals surface area contributed by atoms with Crippen molar-refractivity contribution in [1.82, 2.24) is 4.57 Å². The number of benzene rings is 2. The van der Waals surface area contributed by atoms with Gasteiger partial charge in [-0.05, 0) is 17.5 Å². The monoisotopic (exact) mass is 309 g/mol. The van der Waals surface area contributed by atoms with Crippen molar-refractivity contribution in [3.8, 4) is 21.7 Å². The molecule has 0 spiro atoms. The molecule has 0 unspecified atom stereocenters. The van der Waals surface area contributed by atoms with Gasteiger partial charge in [0.1, 0.15) is 0 Å². The van der Waals surface area contributed by atoms with Gasteiger partial charge in [-0.25, -0.2) is 0 Å². The van der Waals surface area contributed by atoms with E-state index in [0.29, 0.717) is 0 Å². The highest BCUT2D eigenvalue weighted by Gasteiger charge is 2.17. The first-order valence-electron chi connectivity index (χ1n) is 7.65. The molecule has 2 nitrogen and oxygen atoms in total. The Labute approximate surface area is 134 Å². The molecule has 3 rings (SSSR count). The summed E-state index contributed by atoms with van der Waals surface area (Å²) in [6, 6.07) is 20.4. The molecule has 0 fully saturated rings. The van der Waals surface area contributed by atoms with Crippen LogP contribution in [0.2, 0.25) is 0 Å². The number of nitrogens with zero attached hydrogens (tertiary/aromatic N) is 1. The molecule has 2 aromatic carbocycles. The number of unbranched alkanes of at least 4 members (excludes halogenated alkanes) is 1. The molecular weight excluding hydrogens is 290 g/mol. The second-order valence-electron chi connectivity index (χ2n) is 5.28. The second-order valence-corrected chi connectivity index (χ2v) is 6.24. The lowest BCUT2D eigenvalue weighted by Crippen LogP contribution is -2.14. The van der Waals surface area contributed by atoms with Gasteiger partial charge in [0, 0.05) is 6.54 Å². The summed E-state index contributed by atoms with van der Waals surface area (Å²) in [5.41, 5.74) is 3.27. The third kappa shape index (κ3) is 2.90. The molecule has 0 bridgehead atoms. The fourth-order valence-corrected chi connectivity index (χ4v) is 3.64. The van der Waals surface area contributed by atoms with Crippen LogP contribution >= 0.6 is 11.3 Å². The SMILES string of the molecule is CCCCn1c(-c2ccccc2)c(-c2ccccc2)sc1=O. The molecule has 0 amide bonds. The van der Waals surface area contributed by atoms with E-state index in [-0.39, 0.29) is 4.87 Å². The summed E-state index contributed by atoms with van der Waals surface area (Å²) in [6.45, 7) is 2.93. The lowest BCUT2D eigenvalue weighted by molar-refractivity contribution is 0.629.